The summed E-state index contributed by atoms with van der Waals surface area (Å²) in [5.41, 5.74) is -0.434. The number of thioether (sulfide) groups is 1. The van der Waals surface area contributed by atoms with Crippen molar-refractivity contribution < 1.29 is 9.53 Å². The van der Waals surface area contributed by atoms with Crippen LogP contribution in [0.25, 0.3) is 0 Å². The molecule has 1 N–H and O–H groups in total. The molecule has 0 saturated heterocycles. The highest BCUT2D eigenvalue weighted by atomic mass is 32.2. The molecule has 4 heteroatoms. The summed E-state index contributed by atoms with van der Waals surface area (Å²) in [6.07, 6.45) is 4.98. The average molecular weight is 231 g/mol. The second-order valence-electron chi connectivity index (χ2n) is 4.47. The normalized spacial score (nSPS) is 30.9. The van der Waals surface area contributed by atoms with E-state index in [4.69, 9.17) is 4.74 Å². The van der Waals surface area contributed by atoms with Crippen LogP contribution in [0.15, 0.2) is 0 Å². The first-order valence-corrected chi connectivity index (χ1v) is 6.72. The van der Waals surface area contributed by atoms with Crippen molar-refractivity contribution in [3.05, 3.63) is 0 Å². The van der Waals surface area contributed by atoms with Crippen LogP contribution in [0.1, 0.15) is 33.1 Å². The van der Waals surface area contributed by atoms with Gasteiger partial charge >= 0.3 is 5.97 Å². The van der Waals surface area contributed by atoms with E-state index in [0.717, 1.165) is 19.3 Å². The Morgan fingerprint density at radius 3 is 2.67 bits per heavy atom. The van der Waals surface area contributed by atoms with E-state index in [1.54, 1.807) is 0 Å². The number of esters is 1. The van der Waals surface area contributed by atoms with E-state index in [1.165, 1.54) is 7.11 Å². The van der Waals surface area contributed by atoms with E-state index in [2.05, 4.69) is 25.4 Å². The molecule has 0 heterocycles. The third-order valence-electron chi connectivity index (χ3n) is 2.94. The van der Waals surface area contributed by atoms with Gasteiger partial charge in [-0.1, -0.05) is 0 Å². The van der Waals surface area contributed by atoms with Crippen LogP contribution in [-0.2, 0) is 9.53 Å². The Morgan fingerprint density at radius 2 is 2.27 bits per heavy atom. The molecule has 1 saturated carbocycles. The van der Waals surface area contributed by atoms with Gasteiger partial charge in [-0.05, 0) is 39.4 Å². The van der Waals surface area contributed by atoms with Crippen LogP contribution in [0.4, 0.5) is 0 Å². The number of hydrogen-bond donors (Lipinski definition) is 1. The topological polar surface area (TPSA) is 38.3 Å². The van der Waals surface area contributed by atoms with Crippen LogP contribution in [0, 0.1) is 0 Å². The number of hydrogen-bond acceptors (Lipinski definition) is 4. The SMILES string of the molecule is COC(=O)C1(NC(C)C)CCC(SC)C1. The Balaban J connectivity index is 2.74. The van der Waals surface area contributed by atoms with Crippen molar-refractivity contribution in [2.24, 2.45) is 0 Å². The van der Waals surface area contributed by atoms with Gasteiger partial charge < -0.3 is 4.74 Å². The molecule has 2 atom stereocenters. The predicted octanol–water partition coefficient (Wildman–Crippen LogP) is 1.81. The summed E-state index contributed by atoms with van der Waals surface area (Å²) in [4.78, 5) is 11.8. The summed E-state index contributed by atoms with van der Waals surface area (Å²) in [5, 5.41) is 3.96. The molecule has 1 fully saturated rings. The third kappa shape index (κ3) is 2.88. The average Bonchev–Trinajstić information content (AvgIpc) is 2.60. The van der Waals surface area contributed by atoms with Crippen LogP contribution in [0.2, 0.25) is 0 Å². The van der Waals surface area contributed by atoms with Gasteiger partial charge in [-0.15, -0.1) is 0 Å². The molecule has 2 unspecified atom stereocenters. The second-order valence-corrected chi connectivity index (χ2v) is 5.61. The van der Waals surface area contributed by atoms with Crippen molar-refractivity contribution >= 4 is 17.7 Å². The van der Waals surface area contributed by atoms with Crippen molar-refractivity contribution in [1.29, 1.82) is 0 Å². The second kappa shape index (κ2) is 5.21. The smallest absolute Gasteiger partial charge is 0.326 e. The van der Waals surface area contributed by atoms with Gasteiger partial charge in [0.15, 0.2) is 0 Å². The number of carbonyl (C=O) groups excluding carboxylic acids is 1. The zero-order chi connectivity index (χ0) is 11.5. The van der Waals surface area contributed by atoms with E-state index >= 15 is 0 Å². The Kier molecular flexibility index (Phi) is 4.46. The molecule has 0 aliphatic heterocycles. The van der Waals surface area contributed by atoms with Gasteiger partial charge in [0.05, 0.1) is 7.11 Å². The number of methoxy groups -OCH3 is 1. The lowest BCUT2D eigenvalue weighted by atomic mass is 9.97. The molecule has 1 aliphatic carbocycles. The number of rotatable bonds is 4. The highest BCUT2D eigenvalue weighted by Gasteiger charge is 2.46. The maximum absolute atomic E-state index is 11.8. The molecule has 0 bridgehead atoms. The fourth-order valence-electron chi connectivity index (χ4n) is 2.32. The molecule has 0 aromatic carbocycles. The molecule has 1 rings (SSSR count). The summed E-state index contributed by atoms with van der Waals surface area (Å²) in [6, 6.07) is 0.310. The lowest BCUT2D eigenvalue weighted by Crippen LogP contribution is -2.53. The summed E-state index contributed by atoms with van der Waals surface area (Å²) in [5.74, 6) is -0.104. The largest absolute Gasteiger partial charge is 0.468 e. The lowest BCUT2D eigenvalue weighted by molar-refractivity contribution is -0.148. The van der Waals surface area contributed by atoms with Crippen LogP contribution in [-0.4, -0.2) is 36.2 Å². The van der Waals surface area contributed by atoms with Gasteiger partial charge in [-0.3, -0.25) is 10.1 Å². The van der Waals surface area contributed by atoms with Gasteiger partial charge in [-0.2, -0.15) is 11.8 Å². The zero-order valence-electron chi connectivity index (χ0n) is 10.0. The minimum Gasteiger partial charge on any atom is -0.468 e. The summed E-state index contributed by atoms with van der Waals surface area (Å²) in [6.45, 7) is 4.13. The molecule has 0 amide bonds. The van der Waals surface area contributed by atoms with Gasteiger partial charge in [0.25, 0.3) is 0 Å². The standard InChI is InChI=1S/C11H21NO2S/c1-8(2)12-11(10(13)14-3)6-5-9(7-11)15-4/h8-9,12H,5-7H2,1-4H3. The van der Waals surface area contributed by atoms with Gasteiger partial charge in [0.1, 0.15) is 5.54 Å². The summed E-state index contributed by atoms with van der Waals surface area (Å²) in [7, 11) is 1.47. The molecule has 88 valence electrons. The van der Waals surface area contributed by atoms with Crippen LogP contribution < -0.4 is 5.32 Å². The Labute approximate surface area is 96.3 Å². The minimum atomic E-state index is -0.434. The van der Waals surface area contributed by atoms with E-state index in [-0.39, 0.29) is 5.97 Å². The van der Waals surface area contributed by atoms with E-state index in [1.807, 2.05) is 11.8 Å². The van der Waals surface area contributed by atoms with Crippen molar-refractivity contribution in [2.75, 3.05) is 13.4 Å². The Bertz CT molecular complexity index is 233. The molecule has 0 aromatic heterocycles. The number of carbonyl (C=O) groups is 1. The first-order chi connectivity index (χ1) is 7.04. The van der Waals surface area contributed by atoms with Crippen molar-refractivity contribution in [1.82, 2.24) is 5.32 Å². The van der Waals surface area contributed by atoms with E-state index < -0.39 is 5.54 Å². The monoisotopic (exact) mass is 231 g/mol. The van der Waals surface area contributed by atoms with Crippen molar-refractivity contribution in [3.8, 4) is 0 Å². The molecular weight excluding hydrogens is 210 g/mol. The first-order valence-electron chi connectivity index (χ1n) is 5.43. The third-order valence-corrected chi connectivity index (χ3v) is 4.01. The highest BCUT2D eigenvalue weighted by molar-refractivity contribution is 7.99. The highest BCUT2D eigenvalue weighted by Crippen LogP contribution is 2.37. The quantitative estimate of drug-likeness (QED) is 0.749. The number of nitrogens with one attached hydrogen (secondary N) is 1. The van der Waals surface area contributed by atoms with Gasteiger partial charge in [-0.25, -0.2) is 0 Å². The van der Waals surface area contributed by atoms with Crippen LogP contribution in [0.3, 0.4) is 0 Å². The van der Waals surface area contributed by atoms with Gasteiger partial charge in [0, 0.05) is 11.3 Å². The summed E-state index contributed by atoms with van der Waals surface area (Å²) >= 11 is 1.84. The van der Waals surface area contributed by atoms with Gasteiger partial charge in [0.2, 0.25) is 0 Å². The van der Waals surface area contributed by atoms with Crippen LogP contribution >= 0.6 is 11.8 Å². The Morgan fingerprint density at radius 1 is 1.60 bits per heavy atom. The van der Waals surface area contributed by atoms with Crippen LogP contribution in [0.5, 0.6) is 0 Å². The van der Waals surface area contributed by atoms with Crippen molar-refractivity contribution in [3.63, 3.8) is 0 Å². The lowest BCUT2D eigenvalue weighted by Gasteiger charge is -2.29. The molecule has 0 spiro atoms. The fraction of sp³-hybridized carbons (Fsp3) is 0.909. The maximum Gasteiger partial charge on any atom is 0.326 e. The molecule has 3 nitrogen and oxygen atoms in total. The maximum atomic E-state index is 11.8. The number of ether oxygens (including phenoxy) is 1. The molecular formula is C11H21NO2S. The van der Waals surface area contributed by atoms with E-state index in [9.17, 15) is 4.79 Å². The molecule has 1 aliphatic rings. The fourth-order valence-corrected chi connectivity index (χ4v) is 3.13. The summed E-state index contributed by atoms with van der Waals surface area (Å²) < 4.78 is 4.92. The molecule has 0 radical (unpaired) electrons. The Hall–Kier alpha value is -0.220. The predicted molar refractivity (Wildman–Crippen MR) is 64.2 cm³/mol. The first kappa shape index (κ1) is 12.8. The van der Waals surface area contributed by atoms with Crippen molar-refractivity contribution in [2.45, 2.75) is 49.9 Å². The minimum absolute atomic E-state index is 0.104. The van der Waals surface area contributed by atoms with E-state index in [0.29, 0.717) is 11.3 Å². The zero-order valence-corrected chi connectivity index (χ0v) is 10.8. The molecule has 15 heavy (non-hydrogen) atoms. The molecule has 0 aromatic rings.